The molecule has 1 amide bonds. The van der Waals surface area contributed by atoms with Crippen LogP contribution in [0.3, 0.4) is 0 Å². The Morgan fingerprint density at radius 2 is 1.57 bits per heavy atom. The quantitative estimate of drug-likeness (QED) is 0.791. The average molecular weight is 388 g/mol. The summed E-state index contributed by atoms with van der Waals surface area (Å²) >= 11 is 0. The fraction of sp³-hybridized carbons (Fsp3) is 0.696. The van der Waals surface area contributed by atoms with Gasteiger partial charge in [-0.3, -0.25) is 14.6 Å². The molecule has 1 atom stereocenters. The summed E-state index contributed by atoms with van der Waals surface area (Å²) in [7, 11) is 0. The lowest BCUT2D eigenvalue weighted by atomic mass is 9.79. The maximum absolute atomic E-state index is 13.2. The molecule has 3 fully saturated rings. The van der Waals surface area contributed by atoms with Gasteiger partial charge < -0.3 is 4.90 Å². The third-order valence-electron chi connectivity index (χ3n) is 6.91. The van der Waals surface area contributed by atoms with E-state index in [-0.39, 0.29) is 11.2 Å². The van der Waals surface area contributed by atoms with Crippen LogP contribution in [0.2, 0.25) is 0 Å². The maximum Gasteiger partial charge on any atom is 0.236 e. The number of hydrogen-bond donors (Lipinski definition) is 0. The van der Waals surface area contributed by atoms with Gasteiger partial charge in [0.05, 0.1) is 6.54 Å². The summed E-state index contributed by atoms with van der Waals surface area (Å²) in [4.78, 5) is 19.9. The molecule has 5 heteroatoms. The van der Waals surface area contributed by atoms with Gasteiger partial charge in [0.15, 0.2) is 0 Å². The molecule has 3 aliphatic heterocycles. The van der Waals surface area contributed by atoms with Crippen molar-refractivity contribution < 1.29 is 9.18 Å². The molecule has 0 N–H and O–H groups in total. The van der Waals surface area contributed by atoms with E-state index in [1.807, 2.05) is 12.1 Å². The summed E-state index contributed by atoms with van der Waals surface area (Å²) in [5.74, 6) is 0.155. The Kier molecular flexibility index (Phi) is 6.32. The molecule has 3 saturated heterocycles. The van der Waals surface area contributed by atoms with Crippen LogP contribution in [-0.2, 0) is 11.3 Å². The van der Waals surface area contributed by atoms with E-state index in [1.54, 1.807) is 12.1 Å². The first kappa shape index (κ1) is 19.8. The zero-order valence-corrected chi connectivity index (χ0v) is 17.0. The summed E-state index contributed by atoms with van der Waals surface area (Å²) in [6.45, 7) is 7.63. The molecule has 3 heterocycles. The van der Waals surface area contributed by atoms with Gasteiger partial charge >= 0.3 is 0 Å². The third-order valence-corrected chi connectivity index (χ3v) is 6.91. The standard InChI is InChI=1S/C23H34FN3O/c24-21-8-6-20(7-9-21)16-26-14-5-10-23(18-26)11-15-27(19-23)22(28)17-25-12-3-1-2-4-13-25/h6-9H,1-5,10-19H2. The SMILES string of the molecule is O=C(CN1CCCCCC1)N1CCC2(CCCN(Cc3ccc(F)cc3)C2)C1. The summed E-state index contributed by atoms with van der Waals surface area (Å²) in [5, 5.41) is 0. The largest absolute Gasteiger partial charge is 0.341 e. The van der Waals surface area contributed by atoms with Gasteiger partial charge in [0.1, 0.15) is 5.82 Å². The Morgan fingerprint density at radius 3 is 2.32 bits per heavy atom. The smallest absolute Gasteiger partial charge is 0.236 e. The molecule has 1 aromatic carbocycles. The second kappa shape index (κ2) is 8.91. The van der Waals surface area contributed by atoms with Crippen LogP contribution in [0.1, 0.15) is 50.5 Å². The highest BCUT2D eigenvalue weighted by atomic mass is 19.1. The highest BCUT2D eigenvalue weighted by Crippen LogP contribution is 2.39. The van der Waals surface area contributed by atoms with Gasteiger partial charge in [-0.05, 0) is 69.4 Å². The highest BCUT2D eigenvalue weighted by Gasteiger charge is 2.42. The van der Waals surface area contributed by atoms with E-state index in [4.69, 9.17) is 0 Å². The first-order valence-electron chi connectivity index (χ1n) is 11.1. The Hall–Kier alpha value is -1.46. The fourth-order valence-corrected chi connectivity index (χ4v) is 5.36. The topological polar surface area (TPSA) is 26.8 Å². The van der Waals surface area contributed by atoms with E-state index in [0.717, 1.165) is 52.2 Å². The van der Waals surface area contributed by atoms with Crippen LogP contribution in [0.25, 0.3) is 0 Å². The summed E-state index contributed by atoms with van der Waals surface area (Å²) < 4.78 is 13.2. The Morgan fingerprint density at radius 1 is 0.857 bits per heavy atom. The highest BCUT2D eigenvalue weighted by molar-refractivity contribution is 5.78. The first-order valence-corrected chi connectivity index (χ1v) is 11.1. The molecule has 4 rings (SSSR count). The first-order chi connectivity index (χ1) is 13.6. The number of carbonyl (C=O) groups excluding carboxylic acids is 1. The van der Waals surface area contributed by atoms with Crippen molar-refractivity contribution in [1.29, 1.82) is 0 Å². The zero-order chi connectivity index (χ0) is 19.4. The van der Waals surface area contributed by atoms with E-state index in [0.29, 0.717) is 12.5 Å². The van der Waals surface area contributed by atoms with Crippen LogP contribution in [0.15, 0.2) is 24.3 Å². The van der Waals surface area contributed by atoms with E-state index in [1.165, 1.54) is 44.1 Å². The minimum Gasteiger partial charge on any atom is -0.341 e. The molecular weight excluding hydrogens is 353 g/mol. The number of carbonyl (C=O) groups is 1. The predicted molar refractivity (Wildman–Crippen MR) is 109 cm³/mol. The van der Waals surface area contributed by atoms with Crippen LogP contribution >= 0.6 is 0 Å². The molecule has 1 aromatic rings. The zero-order valence-electron chi connectivity index (χ0n) is 17.0. The second-order valence-corrected chi connectivity index (χ2v) is 9.20. The molecule has 0 aromatic heterocycles. The second-order valence-electron chi connectivity index (χ2n) is 9.20. The van der Waals surface area contributed by atoms with Crippen LogP contribution in [0, 0.1) is 11.2 Å². The van der Waals surface area contributed by atoms with Gasteiger partial charge in [0, 0.05) is 31.6 Å². The van der Waals surface area contributed by atoms with E-state index in [2.05, 4.69) is 14.7 Å². The third kappa shape index (κ3) is 4.93. The molecule has 0 bridgehead atoms. The molecule has 154 valence electrons. The molecule has 1 unspecified atom stereocenters. The van der Waals surface area contributed by atoms with Crippen LogP contribution in [0.4, 0.5) is 4.39 Å². The number of halogens is 1. The van der Waals surface area contributed by atoms with E-state index < -0.39 is 0 Å². The van der Waals surface area contributed by atoms with Crippen molar-refractivity contribution in [3.8, 4) is 0 Å². The van der Waals surface area contributed by atoms with Gasteiger partial charge in [-0.15, -0.1) is 0 Å². The number of piperidine rings is 1. The van der Waals surface area contributed by atoms with Crippen LogP contribution in [-0.4, -0.2) is 66.4 Å². The summed E-state index contributed by atoms with van der Waals surface area (Å²) in [6.07, 6.45) is 8.61. The van der Waals surface area contributed by atoms with Gasteiger partial charge in [0.2, 0.25) is 5.91 Å². The van der Waals surface area contributed by atoms with Crippen molar-refractivity contribution in [2.45, 2.75) is 51.5 Å². The van der Waals surface area contributed by atoms with Crippen molar-refractivity contribution in [2.75, 3.05) is 45.8 Å². The molecular formula is C23H34FN3O. The van der Waals surface area contributed by atoms with Gasteiger partial charge in [0.25, 0.3) is 0 Å². The minimum absolute atomic E-state index is 0.173. The normalized spacial score (nSPS) is 27.2. The Bertz CT molecular complexity index is 656. The summed E-state index contributed by atoms with van der Waals surface area (Å²) in [6, 6.07) is 6.88. The molecule has 28 heavy (non-hydrogen) atoms. The lowest BCUT2D eigenvalue weighted by Gasteiger charge is -2.40. The lowest BCUT2D eigenvalue weighted by Crippen LogP contribution is -2.46. The van der Waals surface area contributed by atoms with Crippen molar-refractivity contribution in [3.05, 3.63) is 35.6 Å². The minimum atomic E-state index is -0.173. The van der Waals surface area contributed by atoms with E-state index >= 15 is 0 Å². The molecule has 4 nitrogen and oxygen atoms in total. The molecule has 0 radical (unpaired) electrons. The maximum atomic E-state index is 13.2. The molecule has 0 saturated carbocycles. The Labute approximate surface area is 168 Å². The number of amides is 1. The number of nitrogens with zero attached hydrogens (tertiary/aromatic N) is 3. The molecule has 0 aliphatic carbocycles. The molecule has 3 aliphatic rings. The van der Waals surface area contributed by atoms with Crippen molar-refractivity contribution in [2.24, 2.45) is 5.41 Å². The Balaban J connectivity index is 1.31. The number of likely N-dealkylation sites (tertiary alicyclic amines) is 3. The average Bonchev–Trinajstić information content (AvgIpc) is 2.91. The van der Waals surface area contributed by atoms with Crippen LogP contribution < -0.4 is 0 Å². The molecule has 1 spiro atoms. The number of benzene rings is 1. The monoisotopic (exact) mass is 387 g/mol. The summed E-state index contributed by atoms with van der Waals surface area (Å²) in [5.41, 5.74) is 1.43. The number of hydrogen-bond acceptors (Lipinski definition) is 3. The van der Waals surface area contributed by atoms with Gasteiger partial charge in [-0.1, -0.05) is 25.0 Å². The van der Waals surface area contributed by atoms with Crippen molar-refractivity contribution in [1.82, 2.24) is 14.7 Å². The van der Waals surface area contributed by atoms with E-state index in [9.17, 15) is 9.18 Å². The van der Waals surface area contributed by atoms with Crippen molar-refractivity contribution >= 4 is 5.91 Å². The fourth-order valence-electron chi connectivity index (χ4n) is 5.36. The van der Waals surface area contributed by atoms with Crippen LogP contribution in [0.5, 0.6) is 0 Å². The predicted octanol–water partition coefficient (Wildman–Crippen LogP) is 3.52. The lowest BCUT2D eigenvalue weighted by molar-refractivity contribution is -0.132. The van der Waals surface area contributed by atoms with Gasteiger partial charge in [-0.2, -0.15) is 0 Å². The van der Waals surface area contributed by atoms with Crippen molar-refractivity contribution in [3.63, 3.8) is 0 Å². The number of rotatable bonds is 4. The van der Waals surface area contributed by atoms with Gasteiger partial charge in [-0.25, -0.2) is 4.39 Å².